The van der Waals surface area contributed by atoms with Crippen molar-refractivity contribution in [3.63, 3.8) is 0 Å². The molecule has 106 valence electrons. The number of aryl methyl sites for hydroxylation is 1. The number of pyridine rings is 1. The number of halogens is 2. The van der Waals surface area contributed by atoms with Crippen LogP contribution in [0.2, 0.25) is 0 Å². The second-order valence-corrected chi connectivity index (χ2v) is 6.39. The van der Waals surface area contributed by atoms with Gasteiger partial charge in [-0.1, -0.05) is 12.8 Å². The first-order chi connectivity index (χ1) is 9.61. The van der Waals surface area contributed by atoms with Gasteiger partial charge in [-0.05, 0) is 53.4 Å². The van der Waals surface area contributed by atoms with Crippen molar-refractivity contribution >= 4 is 32.5 Å². The molecular formula is C16H18BrFN2. The van der Waals surface area contributed by atoms with Crippen LogP contribution in [0.15, 0.2) is 16.6 Å². The van der Waals surface area contributed by atoms with Crippen molar-refractivity contribution in [1.82, 2.24) is 4.98 Å². The van der Waals surface area contributed by atoms with E-state index in [1.807, 2.05) is 26.1 Å². The van der Waals surface area contributed by atoms with Gasteiger partial charge in [0.1, 0.15) is 5.82 Å². The maximum atomic E-state index is 14.4. The van der Waals surface area contributed by atoms with Crippen LogP contribution in [0.25, 0.3) is 10.9 Å². The number of nitrogens with zero attached hydrogens (tertiary/aromatic N) is 1. The quantitative estimate of drug-likeness (QED) is 0.820. The Hall–Kier alpha value is -1.16. The zero-order valence-electron chi connectivity index (χ0n) is 11.8. The van der Waals surface area contributed by atoms with Crippen molar-refractivity contribution in [1.29, 1.82) is 0 Å². The molecule has 20 heavy (non-hydrogen) atoms. The van der Waals surface area contributed by atoms with Crippen molar-refractivity contribution in [2.45, 2.75) is 38.5 Å². The first kappa shape index (κ1) is 13.8. The lowest BCUT2D eigenvalue weighted by Crippen LogP contribution is -2.03. The molecule has 1 N–H and O–H groups in total. The summed E-state index contributed by atoms with van der Waals surface area (Å²) in [6.45, 7) is 1.98. The van der Waals surface area contributed by atoms with Crippen molar-refractivity contribution in [2.75, 3.05) is 12.4 Å². The molecule has 0 spiro atoms. The van der Waals surface area contributed by atoms with E-state index in [0.29, 0.717) is 15.8 Å². The molecule has 0 bridgehead atoms. The topological polar surface area (TPSA) is 24.9 Å². The minimum atomic E-state index is -0.236. The first-order valence-corrected chi connectivity index (χ1v) is 7.88. The van der Waals surface area contributed by atoms with Crippen LogP contribution in [0.5, 0.6) is 0 Å². The van der Waals surface area contributed by atoms with E-state index in [0.717, 1.165) is 22.5 Å². The van der Waals surface area contributed by atoms with Gasteiger partial charge in [-0.3, -0.25) is 4.98 Å². The Bertz CT molecular complexity index is 663. The van der Waals surface area contributed by atoms with Gasteiger partial charge >= 0.3 is 0 Å². The van der Waals surface area contributed by atoms with E-state index in [4.69, 9.17) is 4.98 Å². The lowest BCUT2D eigenvalue weighted by Gasteiger charge is -2.15. The Kier molecular flexibility index (Phi) is 3.67. The van der Waals surface area contributed by atoms with Gasteiger partial charge in [0.05, 0.1) is 15.4 Å². The normalized spacial score (nSPS) is 16.0. The number of fused-ring (bicyclic) bond motifs is 1. The average molecular weight is 337 g/mol. The maximum absolute atomic E-state index is 14.4. The van der Waals surface area contributed by atoms with E-state index in [9.17, 15) is 4.39 Å². The predicted octanol–water partition coefficient (Wildman–Crippen LogP) is 5.14. The number of anilines is 1. The molecular weight excluding hydrogens is 319 g/mol. The smallest absolute Gasteiger partial charge is 0.148 e. The third kappa shape index (κ3) is 2.20. The second-order valence-electron chi connectivity index (χ2n) is 5.54. The highest BCUT2D eigenvalue weighted by Crippen LogP contribution is 2.38. The molecule has 0 unspecified atom stereocenters. The van der Waals surface area contributed by atoms with Gasteiger partial charge in [-0.15, -0.1) is 0 Å². The van der Waals surface area contributed by atoms with Gasteiger partial charge in [0.2, 0.25) is 0 Å². The maximum Gasteiger partial charge on any atom is 0.148 e. The van der Waals surface area contributed by atoms with E-state index < -0.39 is 0 Å². The second kappa shape index (κ2) is 5.32. The largest absolute Gasteiger partial charge is 0.387 e. The Morgan fingerprint density at radius 1 is 1.30 bits per heavy atom. The molecule has 3 rings (SSSR count). The van der Waals surface area contributed by atoms with Crippen LogP contribution in [-0.4, -0.2) is 12.0 Å². The third-order valence-electron chi connectivity index (χ3n) is 4.23. The highest BCUT2D eigenvalue weighted by molar-refractivity contribution is 9.10. The predicted molar refractivity (Wildman–Crippen MR) is 84.9 cm³/mol. The zero-order chi connectivity index (χ0) is 14.3. The summed E-state index contributed by atoms with van der Waals surface area (Å²) in [6, 6.07) is 3.83. The molecule has 0 amide bonds. The average Bonchev–Trinajstić information content (AvgIpc) is 2.97. The van der Waals surface area contributed by atoms with Gasteiger partial charge in [0.15, 0.2) is 0 Å². The van der Waals surface area contributed by atoms with Crippen LogP contribution in [0.3, 0.4) is 0 Å². The Morgan fingerprint density at radius 3 is 2.65 bits per heavy atom. The summed E-state index contributed by atoms with van der Waals surface area (Å²) in [5, 5.41) is 3.71. The van der Waals surface area contributed by atoms with Gasteiger partial charge in [-0.2, -0.15) is 0 Å². The fraction of sp³-hybridized carbons (Fsp3) is 0.438. The Balaban J connectivity index is 2.28. The van der Waals surface area contributed by atoms with Crippen LogP contribution in [-0.2, 0) is 0 Å². The minimum Gasteiger partial charge on any atom is -0.387 e. The van der Waals surface area contributed by atoms with Crippen molar-refractivity contribution in [3.8, 4) is 0 Å². The number of nitrogens with one attached hydrogen (secondary N) is 1. The highest BCUT2D eigenvalue weighted by Gasteiger charge is 2.21. The standard InChI is InChI=1S/C16H18BrFN2/c1-9-7-11(17)15(18)14-13(19-2)8-12(20-16(9)14)10-5-3-4-6-10/h7-8,10H,3-6H2,1-2H3,(H,19,20). The van der Waals surface area contributed by atoms with Crippen molar-refractivity contribution in [2.24, 2.45) is 0 Å². The molecule has 1 saturated carbocycles. The lowest BCUT2D eigenvalue weighted by molar-refractivity contribution is 0.632. The molecule has 1 heterocycles. The van der Waals surface area contributed by atoms with Crippen molar-refractivity contribution in [3.05, 3.63) is 33.7 Å². The molecule has 0 saturated heterocycles. The Labute approximate surface area is 126 Å². The molecule has 0 radical (unpaired) electrons. The molecule has 2 nitrogen and oxygen atoms in total. The number of hydrogen-bond donors (Lipinski definition) is 1. The molecule has 1 fully saturated rings. The summed E-state index contributed by atoms with van der Waals surface area (Å²) < 4.78 is 14.9. The van der Waals surface area contributed by atoms with Gasteiger partial charge in [0, 0.05) is 24.3 Å². The van der Waals surface area contributed by atoms with Gasteiger partial charge in [-0.25, -0.2) is 4.39 Å². The zero-order valence-corrected chi connectivity index (χ0v) is 13.3. The number of hydrogen-bond acceptors (Lipinski definition) is 2. The fourth-order valence-electron chi connectivity index (χ4n) is 3.14. The molecule has 0 aliphatic heterocycles. The summed E-state index contributed by atoms with van der Waals surface area (Å²) in [6.07, 6.45) is 4.93. The van der Waals surface area contributed by atoms with E-state index in [1.165, 1.54) is 25.7 Å². The molecule has 2 aromatic rings. The first-order valence-electron chi connectivity index (χ1n) is 7.09. The number of aromatic nitrogens is 1. The van der Waals surface area contributed by atoms with Crippen molar-refractivity contribution < 1.29 is 4.39 Å². The fourth-order valence-corrected chi connectivity index (χ4v) is 3.68. The van der Waals surface area contributed by atoms with Crippen LogP contribution in [0, 0.1) is 12.7 Å². The van der Waals surface area contributed by atoms with Gasteiger partial charge in [0.25, 0.3) is 0 Å². The SMILES string of the molecule is CNc1cc(C2CCCC2)nc2c(C)cc(Br)c(F)c12. The monoisotopic (exact) mass is 336 g/mol. The molecule has 1 aromatic carbocycles. The third-order valence-corrected chi connectivity index (χ3v) is 4.81. The Morgan fingerprint density at radius 2 is 2.00 bits per heavy atom. The number of rotatable bonds is 2. The molecule has 1 aliphatic rings. The summed E-state index contributed by atoms with van der Waals surface area (Å²) >= 11 is 3.28. The van der Waals surface area contributed by atoms with Crippen LogP contribution >= 0.6 is 15.9 Å². The van der Waals surface area contributed by atoms with E-state index >= 15 is 0 Å². The minimum absolute atomic E-state index is 0.236. The van der Waals surface area contributed by atoms with Crippen LogP contribution < -0.4 is 5.32 Å². The van der Waals surface area contributed by atoms with E-state index in [2.05, 4.69) is 21.2 Å². The molecule has 4 heteroatoms. The molecule has 1 aromatic heterocycles. The summed E-state index contributed by atoms with van der Waals surface area (Å²) in [7, 11) is 1.84. The summed E-state index contributed by atoms with van der Waals surface area (Å²) in [5.74, 6) is 0.290. The highest BCUT2D eigenvalue weighted by atomic mass is 79.9. The van der Waals surface area contributed by atoms with Crippen LogP contribution in [0.1, 0.15) is 42.9 Å². The lowest BCUT2D eigenvalue weighted by atomic mass is 10.00. The summed E-state index contributed by atoms with van der Waals surface area (Å²) in [4.78, 5) is 4.77. The van der Waals surface area contributed by atoms with Gasteiger partial charge < -0.3 is 5.32 Å². The molecule has 1 aliphatic carbocycles. The van der Waals surface area contributed by atoms with Crippen LogP contribution in [0.4, 0.5) is 10.1 Å². The summed E-state index contributed by atoms with van der Waals surface area (Å²) in [5.41, 5.74) is 3.71. The molecule has 0 atom stereocenters. The number of benzene rings is 1. The van der Waals surface area contributed by atoms with E-state index in [1.54, 1.807) is 0 Å². The van der Waals surface area contributed by atoms with E-state index in [-0.39, 0.29) is 5.82 Å².